The van der Waals surface area contributed by atoms with Gasteiger partial charge in [-0.25, -0.2) is 0 Å². The topological polar surface area (TPSA) is 62.5 Å². The Labute approximate surface area is 125 Å². The number of hydrogen-bond acceptors (Lipinski definition) is 5. The number of likely N-dealkylation sites (tertiary alicyclic amines) is 1. The predicted octanol–water partition coefficient (Wildman–Crippen LogP) is 1.46. The Morgan fingerprint density at radius 3 is 2.95 bits per heavy atom. The Balaban J connectivity index is 1.44. The first-order valence-corrected chi connectivity index (χ1v) is 7.95. The van der Waals surface area contributed by atoms with E-state index in [2.05, 4.69) is 15.0 Å². The molecular weight excluding hydrogens is 268 g/mol. The second-order valence-electron chi connectivity index (χ2n) is 6.29. The molecule has 1 aliphatic carbocycles. The number of piperidine rings is 1. The van der Waals surface area contributed by atoms with Crippen molar-refractivity contribution in [2.45, 2.75) is 51.6 Å². The number of fused-ring (bicyclic) bond motifs is 2. The van der Waals surface area contributed by atoms with Crippen LogP contribution in [0.4, 0.5) is 0 Å². The predicted molar refractivity (Wildman–Crippen MR) is 77.5 cm³/mol. The van der Waals surface area contributed by atoms with Gasteiger partial charge in [-0.3, -0.25) is 9.69 Å². The van der Waals surface area contributed by atoms with E-state index in [9.17, 15) is 4.79 Å². The average Bonchev–Trinajstić information content (AvgIpc) is 3.20. The fraction of sp³-hybridized carbons (Fsp3) is 0.800. The molecule has 1 saturated carbocycles. The standard InChI is InChI=1S/C15H24N4O2/c1-3-14-16-13(17-21-14)10-18(2)15(20)6-7-19-9-11-4-5-12(19)8-11/h11-12H,3-10H2,1-2H3/t11-,12+/m1/s1. The minimum Gasteiger partial charge on any atom is -0.339 e. The third kappa shape index (κ3) is 3.26. The molecule has 1 aliphatic heterocycles. The molecule has 0 spiro atoms. The van der Waals surface area contributed by atoms with Gasteiger partial charge >= 0.3 is 0 Å². The van der Waals surface area contributed by atoms with Crippen LogP contribution in [0.1, 0.15) is 44.3 Å². The Morgan fingerprint density at radius 2 is 2.33 bits per heavy atom. The maximum Gasteiger partial charge on any atom is 0.226 e. The van der Waals surface area contributed by atoms with Gasteiger partial charge in [-0.1, -0.05) is 12.1 Å². The molecule has 0 radical (unpaired) electrons. The molecule has 2 fully saturated rings. The lowest BCUT2D eigenvalue weighted by Gasteiger charge is -2.27. The van der Waals surface area contributed by atoms with Crippen molar-refractivity contribution >= 4 is 5.91 Å². The van der Waals surface area contributed by atoms with Crippen LogP contribution in [-0.4, -0.2) is 52.0 Å². The maximum atomic E-state index is 12.2. The van der Waals surface area contributed by atoms with E-state index in [1.165, 1.54) is 25.8 Å². The Morgan fingerprint density at radius 1 is 1.48 bits per heavy atom. The van der Waals surface area contributed by atoms with Crippen molar-refractivity contribution in [1.29, 1.82) is 0 Å². The van der Waals surface area contributed by atoms with Crippen molar-refractivity contribution in [3.63, 3.8) is 0 Å². The minimum absolute atomic E-state index is 0.153. The molecule has 2 atom stereocenters. The smallest absolute Gasteiger partial charge is 0.226 e. The zero-order valence-corrected chi connectivity index (χ0v) is 12.9. The molecule has 0 unspecified atom stereocenters. The number of carbonyl (C=O) groups excluding carboxylic acids is 1. The van der Waals surface area contributed by atoms with Crippen LogP contribution in [0.15, 0.2) is 4.52 Å². The van der Waals surface area contributed by atoms with Crippen LogP contribution in [0.25, 0.3) is 0 Å². The lowest BCUT2D eigenvalue weighted by molar-refractivity contribution is -0.131. The number of rotatable bonds is 6. The van der Waals surface area contributed by atoms with E-state index < -0.39 is 0 Å². The second kappa shape index (κ2) is 6.13. The summed E-state index contributed by atoms with van der Waals surface area (Å²) >= 11 is 0. The van der Waals surface area contributed by atoms with E-state index in [0.717, 1.165) is 24.9 Å². The van der Waals surface area contributed by atoms with Crippen molar-refractivity contribution in [3.8, 4) is 0 Å². The first-order valence-electron chi connectivity index (χ1n) is 7.95. The molecule has 2 heterocycles. The van der Waals surface area contributed by atoms with Crippen LogP contribution in [0.5, 0.6) is 0 Å². The van der Waals surface area contributed by atoms with E-state index in [1.807, 2.05) is 6.92 Å². The van der Waals surface area contributed by atoms with Gasteiger partial charge in [0.05, 0.1) is 6.54 Å². The lowest BCUT2D eigenvalue weighted by Crippen LogP contribution is -2.36. The largest absolute Gasteiger partial charge is 0.339 e. The zero-order valence-electron chi connectivity index (χ0n) is 12.9. The van der Waals surface area contributed by atoms with E-state index in [-0.39, 0.29) is 5.91 Å². The highest BCUT2D eigenvalue weighted by Gasteiger charge is 2.37. The molecule has 0 aromatic carbocycles. The summed E-state index contributed by atoms with van der Waals surface area (Å²) in [6.07, 6.45) is 5.34. The third-order valence-electron chi connectivity index (χ3n) is 4.75. The first kappa shape index (κ1) is 14.5. The van der Waals surface area contributed by atoms with E-state index >= 15 is 0 Å². The molecular formula is C15H24N4O2. The minimum atomic E-state index is 0.153. The molecule has 1 aromatic rings. The lowest BCUT2D eigenvalue weighted by atomic mass is 10.1. The highest BCUT2D eigenvalue weighted by Crippen LogP contribution is 2.37. The van der Waals surface area contributed by atoms with Crippen molar-refractivity contribution < 1.29 is 9.32 Å². The van der Waals surface area contributed by atoms with Gasteiger partial charge in [0, 0.05) is 39.0 Å². The van der Waals surface area contributed by atoms with E-state index in [1.54, 1.807) is 11.9 Å². The second-order valence-corrected chi connectivity index (χ2v) is 6.29. The van der Waals surface area contributed by atoms with Crippen molar-refractivity contribution in [3.05, 3.63) is 11.7 Å². The quantitative estimate of drug-likeness (QED) is 0.794. The number of amides is 1. The van der Waals surface area contributed by atoms with Gasteiger partial charge in [0.1, 0.15) is 0 Å². The molecule has 0 N–H and O–H groups in total. The number of aromatic nitrogens is 2. The monoisotopic (exact) mass is 292 g/mol. The van der Waals surface area contributed by atoms with Gasteiger partial charge in [0.25, 0.3) is 0 Å². The maximum absolute atomic E-state index is 12.2. The molecule has 2 bridgehead atoms. The molecule has 1 amide bonds. The van der Waals surface area contributed by atoms with Crippen molar-refractivity contribution in [1.82, 2.24) is 19.9 Å². The molecule has 1 saturated heterocycles. The van der Waals surface area contributed by atoms with Crippen LogP contribution < -0.4 is 0 Å². The summed E-state index contributed by atoms with van der Waals surface area (Å²) in [7, 11) is 1.81. The average molecular weight is 292 g/mol. The number of nitrogens with zero attached hydrogens (tertiary/aromatic N) is 4. The number of hydrogen-bond donors (Lipinski definition) is 0. The number of carbonyl (C=O) groups is 1. The molecule has 116 valence electrons. The Bertz CT molecular complexity index is 502. The number of aryl methyl sites for hydroxylation is 1. The fourth-order valence-corrected chi connectivity index (χ4v) is 3.53. The molecule has 21 heavy (non-hydrogen) atoms. The fourth-order valence-electron chi connectivity index (χ4n) is 3.53. The highest BCUT2D eigenvalue weighted by atomic mass is 16.5. The van der Waals surface area contributed by atoms with Crippen LogP contribution in [0, 0.1) is 5.92 Å². The van der Waals surface area contributed by atoms with E-state index in [0.29, 0.717) is 24.7 Å². The Kier molecular flexibility index (Phi) is 4.24. The van der Waals surface area contributed by atoms with Gasteiger partial charge in [-0.15, -0.1) is 0 Å². The SMILES string of the molecule is CCc1nc(CN(C)C(=O)CCN2C[C@@H]3CC[C@H]2C3)no1. The van der Waals surface area contributed by atoms with Gasteiger partial charge < -0.3 is 9.42 Å². The molecule has 1 aromatic heterocycles. The van der Waals surface area contributed by atoms with Gasteiger partial charge in [-0.2, -0.15) is 4.98 Å². The van der Waals surface area contributed by atoms with Crippen LogP contribution >= 0.6 is 0 Å². The summed E-state index contributed by atoms with van der Waals surface area (Å²) in [6.45, 7) is 4.47. The van der Waals surface area contributed by atoms with Crippen molar-refractivity contribution in [2.75, 3.05) is 20.1 Å². The summed E-state index contributed by atoms with van der Waals surface area (Å²) in [6, 6.07) is 0.734. The van der Waals surface area contributed by atoms with E-state index in [4.69, 9.17) is 4.52 Å². The molecule has 6 nitrogen and oxygen atoms in total. The summed E-state index contributed by atoms with van der Waals surface area (Å²) in [5, 5.41) is 3.89. The van der Waals surface area contributed by atoms with Crippen molar-refractivity contribution in [2.24, 2.45) is 5.92 Å². The van der Waals surface area contributed by atoms with Gasteiger partial charge in [-0.05, 0) is 25.2 Å². The van der Waals surface area contributed by atoms with Gasteiger partial charge in [0.15, 0.2) is 5.82 Å². The summed E-state index contributed by atoms with van der Waals surface area (Å²) in [5.74, 6) is 2.25. The third-order valence-corrected chi connectivity index (χ3v) is 4.75. The van der Waals surface area contributed by atoms with Crippen LogP contribution in [-0.2, 0) is 17.8 Å². The molecule has 3 rings (SSSR count). The first-order chi connectivity index (χ1) is 10.2. The summed E-state index contributed by atoms with van der Waals surface area (Å²) in [5.41, 5.74) is 0. The zero-order chi connectivity index (χ0) is 14.8. The summed E-state index contributed by atoms with van der Waals surface area (Å²) in [4.78, 5) is 20.6. The Hall–Kier alpha value is -1.43. The molecule has 6 heteroatoms. The van der Waals surface area contributed by atoms with Crippen LogP contribution in [0.2, 0.25) is 0 Å². The molecule has 2 aliphatic rings. The van der Waals surface area contributed by atoms with Gasteiger partial charge in [0.2, 0.25) is 11.8 Å². The van der Waals surface area contributed by atoms with Crippen LogP contribution in [0.3, 0.4) is 0 Å². The summed E-state index contributed by atoms with van der Waals surface area (Å²) < 4.78 is 5.06. The highest BCUT2D eigenvalue weighted by molar-refractivity contribution is 5.75. The normalized spacial score (nSPS) is 24.7.